The Bertz CT molecular complexity index is 290. The predicted octanol–water partition coefficient (Wildman–Crippen LogP) is 7.13. The average Bonchev–Trinajstić information content (AvgIpc) is 2.70. The van der Waals surface area contributed by atoms with Gasteiger partial charge in [0.05, 0.1) is 0 Å². The molecule has 0 heterocycles. The summed E-state index contributed by atoms with van der Waals surface area (Å²) < 4.78 is 23.3. The van der Waals surface area contributed by atoms with Crippen molar-refractivity contribution in [2.24, 2.45) is 5.92 Å². The van der Waals surface area contributed by atoms with E-state index in [-0.39, 0.29) is 5.92 Å². The molecule has 0 aromatic carbocycles. The van der Waals surface area contributed by atoms with Crippen molar-refractivity contribution in [1.82, 2.24) is 0 Å². The van der Waals surface area contributed by atoms with Gasteiger partial charge in [0, 0.05) is 39.5 Å². The Kier molecular flexibility index (Phi) is 24.3. The largest absolute Gasteiger partial charge is 0.385 e. The molecule has 1 atom stereocenters. The van der Waals surface area contributed by atoms with Gasteiger partial charge in [-0.15, -0.1) is 6.58 Å². The number of ether oxygens (including phenoxy) is 4. The highest BCUT2D eigenvalue weighted by Crippen LogP contribution is 2.34. The molecule has 170 valence electrons. The Balaban J connectivity index is 0. The van der Waals surface area contributed by atoms with Crippen LogP contribution >= 0.6 is 0 Å². The third-order valence-corrected chi connectivity index (χ3v) is 4.63. The van der Waals surface area contributed by atoms with Gasteiger partial charge < -0.3 is 18.9 Å². The van der Waals surface area contributed by atoms with Crippen molar-refractivity contribution in [2.75, 3.05) is 33.5 Å². The van der Waals surface area contributed by atoms with E-state index in [0.29, 0.717) is 19.8 Å². The van der Waals surface area contributed by atoms with Crippen LogP contribution in [0.25, 0.3) is 0 Å². The van der Waals surface area contributed by atoms with Crippen LogP contribution in [-0.2, 0) is 18.9 Å². The van der Waals surface area contributed by atoms with E-state index in [1.54, 1.807) is 7.11 Å². The first kappa shape index (κ1) is 29.8. The summed E-state index contributed by atoms with van der Waals surface area (Å²) >= 11 is 0. The van der Waals surface area contributed by atoms with Gasteiger partial charge in [0.15, 0.2) is 0 Å². The quantitative estimate of drug-likeness (QED) is 0.131. The van der Waals surface area contributed by atoms with Gasteiger partial charge in [0.1, 0.15) is 0 Å². The summed E-state index contributed by atoms with van der Waals surface area (Å²) in [5, 5.41) is 0. The van der Waals surface area contributed by atoms with Crippen molar-refractivity contribution < 1.29 is 18.9 Å². The Morgan fingerprint density at radius 2 is 1.21 bits per heavy atom. The Morgan fingerprint density at radius 3 is 1.64 bits per heavy atom. The van der Waals surface area contributed by atoms with Crippen molar-refractivity contribution in [1.29, 1.82) is 0 Å². The molecule has 0 aliphatic carbocycles. The molecular formula is C24H50O4. The van der Waals surface area contributed by atoms with Crippen molar-refractivity contribution in [3.05, 3.63) is 12.7 Å². The molecule has 4 heteroatoms. The van der Waals surface area contributed by atoms with Crippen LogP contribution in [0.15, 0.2) is 12.7 Å². The fraction of sp³-hybridized carbons (Fsp3) is 0.917. The summed E-state index contributed by atoms with van der Waals surface area (Å²) in [6.07, 6.45) is 13.8. The third kappa shape index (κ3) is 15.5. The SMILES string of the molecule is C=CCC.CCCCCCCCC(CCCOC)C(OCC)(OCC)OCC. The highest BCUT2D eigenvalue weighted by molar-refractivity contribution is 4.73. The molecule has 0 fully saturated rings. The predicted molar refractivity (Wildman–Crippen MR) is 121 cm³/mol. The standard InChI is InChI=1S/C20H42O4.C4H8/c1-6-10-11-12-13-14-16-19(17-15-18-21-5)20(22-7-2,23-8-3)24-9-4;1-3-4-2/h19H,6-18H2,1-5H3;3H,1,4H2,2H3. The van der Waals surface area contributed by atoms with E-state index in [9.17, 15) is 0 Å². The number of unbranched alkanes of at least 4 members (excludes halogenated alkanes) is 5. The zero-order valence-corrected chi connectivity index (χ0v) is 19.9. The molecule has 0 amide bonds. The van der Waals surface area contributed by atoms with Gasteiger partial charge >= 0.3 is 0 Å². The smallest absolute Gasteiger partial charge is 0.285 e. The van der Waals surface area contributed by atoms with Gasteiger partial charge in [-0.3, -0.25) is 0 Å². The average molecular weight is 403 g/mol. The molecule has 28 heavy (non-hydrogen) atoms. The second-order valence-electron chi connectivity index (χ2n) is 6.99. The van der Waals surface area contributed by atoms with E-state index >= 15 is 0 Å². The molecule has 1 unspecified atom stereocenters. The van der Waals surface area contributed by atoms with E-state index in [4.69, 9.17) is 18.9 Å². The fourth-order valence-corrected chi connectivity index (χ4v) is 3.23. The van der Waals surface area contributed by atoms with Crippen molar-refractivity contribution in [3.63, 3.8) is 0 Å². The molecule has 0 aromatic rings. The van der Waals surface area contributed by atoms with Gasteiger partial charge in [-0.1, -0.05) is 58.4 Å². The molecule has 0 bridgehead atoms. The monoisotopic (exact) mass is 402 g/mol. The summed E-state index contributed by atoms with van der Waals surface area (Å²) in [4.78, 5) is 0. The molecule has 0 aliphatic rings. The highest BCUT2D eigenvalue weighted by Gasteiger charge is 2.41. The van der Waals surface area contributed by atoms with Gasteiger partial charge in [-0.2, -0.15) is 0 Å². The molecule has 0 saturated heterocycles. The van der Waals surface area contributed by atoms with Crippen LogP contribution in [0.5, 0.6) is 0 Å². The minimum atomic E-state index is -0.893. The zero-order valence-electron chi connectivity index (χ0n) is 19.9. The van der Waals surface area contributed by atoms with E-state index in [1.165, 1.54) is 38.5 Å². The summed E-state index contributed by atoms with van der Waals surface area (Å²) in [6, 6.07) is 0. The van der Waals surface area contributed by atoms with Crippen LogP contribution in [0.1, 0.15) is 98.8 Å². The molecule has 0 radical (unpaired) electrons. The maximum Gasteiger partial charge on any atom is 0.285 e. The lowest BCUT2D eigenvalue weighted by Crippen LogP contribution is -2.47. The fourth-order valence-electron chi connectivity index (χ4n) is 3.23. The molecule has 0 N–H and O–H groups in total. The summed E-state index contributed by atoms with van der Waals surface area (Å²) in [5.41, 5.74) is 0. The Hall–Kier alpha value is -0.420. The second kappa shape index (κ2) is 22.9. The molecule has 0 spiro atoms. The zero-order chi connectivity index (χ0) is 21.5. The molecule has 0 aliphatic heterocycles. The minimum Gasteiger partial charge on any atom is -0.385 e. The van der Waals surface area contributed by atoms with Gasteiger partial charge in [-0.05, 0) is 46.5 Å². The van der Waals surface area contributed by atoms with Crippen LogP contribution < -0.4 is 0 Å². The van der Waals surface area contributed by atoms with Crippen molar-refractivity contribution >= 4 is 0 Å². The topological polar surface area (TPSA) is 36.9 Å². The number of hydrogen-bond donors (Lipinski definition) is 0. The lowest BCUT2D eigenvalue weighted by atomic mass is 9.93. The molecular weight excluding hydrogens is 352 g/mol. The number of allylic oxidation sites excluding steroid dienone is 1. The Morgan fingerprint density at radius 1 is 0.750 bits per heavy atom. The van der Waals surface area contributed by atoms with Crippen molar-refractivity contribution in [3.8, 4) is 0 Å². The molecule has 4 nitrogen and oxygen atoms in total. The van der Waals surface area contributed by atoms with Gasteiger partial charge in [0.25, 0.3) is 5.97 Å². The van der Waals surface area contributed by atoms with Crippen molar-refractivity contribution in [2.45, 2.75) is 105 Å². The van der Waals surface area contributed by atoms with Crippen LogP contribution in [-0.4, -0.2) is 39.5 Å². The second-order valence-corrected chi connectivity index (χ2v) is 6.99. The molecule has 0 aromatic heterocycles. The Labute approximate surface area is 176 Å². The molecule has 0 rings (SSSR count). The summed E-state index contributed by atoms with van der Waals surface area (Å²) in [6.45, 7) is 16.4. The number of methoxy groups -OCH3 is 1. The first-order chi connectivity index (χ1) is 13.6. The lowest BCUT2D eigenvalue weighted by Gasteiger charge is -2.39. The number of rotatable bonds is 19. The third-order valence-electron chi connectivity index (χ3n) is 4.63. The first-order valence-electron chi connectivity index (χ1n) is 11.6. The van der Waals surface area contributed by atoms with Gasteiger partial charge in [-0.25, -0.2) is 0 Å². The van der Waals surface area contributed by atoms with E-state index < -0.39 is 5.97 Å². The maximum atomic E-state index is 6.01. The first-order valence-corrected chi connectivity index (χ1v) is 11.6. The van der Waals surface area contributed by atoms with Crippen LogP contribution in [0.4, 0.5) is 0 Å². The number of hydrogen-bond acceptors (Lipinski definition) is 4. The van der Waals surface area contributed by atoms with Crippen LogP contribution in [0.3, 0.4) is 0 Å². The lowest BCUT2D eigenvalue weighted by molar-refractivity contribution is -0.403. The van der Waals surface area contributed by atoms with E-state index in [0.717, 1.165) is 32.3 Å². The van der Waals surface area contributed by atoms with E-state index in [2.05, 4.69) is 20.4 Å². The summed E-state index contributed by atoms with van der Waals surface area (Å²) in [5.74, 6) is -0.645. The minimum absolute atomic E-state index is 0.249. The van der Waals surface area contributed by atoms with E-state index in [1.807, 2.05) is 26.8 Å². The molecule has 0 saturated carbocycles. The summed E-state index contributed by atoms with van der Waals surface area (Å²) in [7, 11) is 1.75. The highest BCUT2D eigenvalue weighted by atomic mass is 16.9. The van der Waals surface area contributed by atoms with Crippen LogP contribution in [0.2, 0.25) is 0 Å². The maximum absolute atomic E-state index is 6.01. The van der Waals surface area contributed by atoms with Gasteiger partial charge in [0.2, 0.25) is 0 Å². The van der Waals surface area contributed by atoms with Crippen LogP contribution in [0, 0.1) is 5.92 Å². The normalized spacial score (nSPS) is 12.4.